The van der Waals surface area contributed by atoms with Gasteiger partial charge in [0.15, 0.2) is 5.60 Å². The lowest BCUT2D eigenvalue weighted by Gasteiger charge is -2.42. The minimum atomic E-state index is -1.13. The van der Waals surface area contributed by atoms with Gasteiger partial charge in [-0.3, -0.25) is 14.6 Å². The number of rotatable bonds is 5. The molecule has 3 aromatic rings. The SMILES string of the molecule is CN(C)C(=O)[C@]1(Cc2ccc(-c3cccs3)cc2)CN(C(=O)c2ccccn2)CCO1. The average Bonchev–Trinajstić information content (AvgIpc) is 3.34. The van der Waals surface area contributed by atoms with E-state index in [0.29, 0.717) is 25.3 Å². The molecule has 1 aliphatic heterocycles. The summed E-state index contributed by atoms with van der Waals surface area (Å²) in [6.07, 6.45) is 1.99. The fourth-order valence-electron chi connectivity index (χ4n) is 3.89. The van der Waals surface area contributed by atoms with Gasteiger partial charge in [0.1, 0.15) is 5.69 Å². The molecule has 6 nitrogen and oxygen atoms in total. The van der Waals surface area contributed by atoms with Gasteiger partial charge in [-0.2, -0.15) is 0 Å². The Balaban J connectivity index is 1.59. The molecule has 0 N–H and O–H groups in total. The summed E-state index contributed by atoms with van der Waals surface area (Å²) in [5, 5.41) is 2.05. The molecule has 7 heteroatoms. The van der Waals surface area contributed by atoms with Crippen molar-refractivity contribution in [3.63, 3.8) is 0 Å². The Morgan fingerprint density at radius 2 is 1.94 bits per heavy atom. The largest absolute Gasteiger partial charge is 0.361 e. The van der Waals surface area contributed by atoms with Crippen LogP contribution in [0.3, 0.4) is 0 Å². The van der Waals surface area contributed by atoms with Crippen molar-refractivity contribution >= 4 is 23.2 Å². The zero-order valence-electron chi connectivity index (χ0n) is 17.7. The second kappa shape index (κ2) is 8.99. The highest BCUT2D eigenvalue weighted by molar-refractivity contribution is 7.13. The zero-order chi connectivity index (χ0) is 21.8. The zero-order valence-corrected chi connectivity index (χ0v) is 18.5. The molecule has 0 aliphatic carbocycles. The quantitative estimate of drug-likeness (QED) is 0.617. The van der Waals surface area contributed by atoms with Crippen LogP contribution in [0.5, 0.6) is 0 Å². The average molecular weight is 436 g/mol. The fourth-order valence-corrected chi connectivity index (χ4v) is 4.62. The molecule has 31 heavy (non-hydrogen) atoms. The van der Waals surface area contributed by atoms with E-state index in [9.17, 15) is 9.59 Å². The van der Waals surface area contributed by atoms with E-state index < -0.39 is 5.60 Å². The number of benzene rings is 1. The molecule has 0 bridgehead atoms. The van der Waals surface area contributed by atoms with Crippen molar-refractivity contribution in [2.24, 2.45) is 0 Å². The first-order chi connectivity index (χ1) is 15.0. The molecular formula is C24H25N3O3S. The Labute approximate surface area is 186 Å². The fraction of sp³-hybridized carbons (Fsp3) is 0.292. The summed E-state index contributed by atoms with van der Waals surface area (Å²) in [6, 6.07) is 17.6. The number of thiophene rings is 1. The third-order valence-electron chi connectivity index (χ3n) is 5.40. The first kappa shape index (κ1) is 21.2. The van der Waals surface area contributed by atoms with Crippen molar-refractivity contribution in [2.75, 3.05) is 33.8 Å². The molecule has 1 fully saturated rings. The monoisotopic (exact) mass is 435 g/mol. The Morgan fingerprint density at radius 1 is 1.13 bits per heavy atom. The van der Waals surface area contributed by atoms with Crippen LogP contribution in [-0.4, -0.2) is 66.0 Å². The Kier molecular flexibility index (Phi) is 6.15. The van der Waals surface area contributed by atoms with Crippen molar-refractivity contribution in [1.82, 2.24) is 14.8 Å². The van der Waals surface area contributed by atoms with Crippen molar-refractivity contribution in [2.45, 2.75) is 12.0 Å². The number of likely N-dealkylation sites (N-methyl/N-ethyl adjacent to an activating group) is 1. The van der Waals surface area contributed by atoms with Crippen LogP contribution in [0, 0.1) is 0 Å². The van der Waals surface area contributed by atoms with Crippen LogP contribution in [-0.2, 0) is 16.0 Å². The maximum absolute atomic E-state index is 13.2. The lowest BCUT2D eigenvalue weighted by molar-refractivity contribution is -0.165. The van der Waals surface area contributed by atoms with Crippen LogP contribution in [0.25, 0.3) is 10.4 Å². The van der Waals surface area contributed by atoms with Gasteiger partial charge in [-0.05, 0) is 34.7 Å². The maximum atomic E-state index is 13.2. The van der Waals surface area contributed by atoms with Gasteiger partial charge in [0.25, 0.3) is 11.8 Å². The predicted octanol–water partition coefficient (Wildman–Crippen LogP) is 3.35. The molecule has 3 heterocycles. The van der Waals surface area contributed by atoms with E-state index in [1.54, 1.807) is 54.7 Å². The molecule has 1 aliphatic rings. The summed E-state index contributed by atoms with van der Waals surface area (Å²) >= 11 is 1.69. The normalized spacial score (nSPS) is 18.6. The molecule has 4 rings (SSSR count). The summed E-state index contributed by atoms with van der Waals surface area (Å²) in [5.74, 6) is -0.332. The van der Waals surface area contributed by atoms with Gasteiger partial charge in [-0.15, -0.1) is 11.3 Å². The van der Waals surface area contributed by atoms with Crippen LogP contribution in [0.4, 0.5) is 0 Å². The molecule has 1 atom stereocenters. The van der Waals surface area contributed by atoms with E-state index in [-0.39, 0.29) is 18.4 Å². The highest BCUT2D eigenvalue weighted by Crippen LogP contribution is 2.29. The topological polar surface area (TPSA) is 62.7 Å². The highest BCUT2D eigenvalue weighted by atomic mass is 32.1. The van der Waals surface area contributed by atoms with E-state index in [2.05, 4.69) is 28.6 Å². The predicted molar refractivity (Wildman–Crippen MR) is 121 cm³/mol. The summed E-state index contributed by atoms with van der Waals surface area (Å²) in [6.45, 7) is 0.909. The van der Waals surface area contributed by atoms with Crippen molar-refractivity contribution in [1.29, 1.82) is 0 Å². The van der Waals surface area contributed by atoms with Crippen molar-refractivity contribution in [3.05, 3.63) is 77.4 Å². The lowest BCUT2D eigenvalue weighted by atomic mass is 9.90. The van der Waals surface area contributed by atoms with Gasteiger partial charge in [-0.1, -0.05) is 36.4 Å². The number of pyridine rings is 1. The van der Waals surface area contributed by atoms with Crippen LogP contribution >= 0.6 is 11.3 Å². The number of ether oxygens (including phenoxy) is 1. The van der Waals surface area contributed by atoms with Crippen molar-refractivity contribution in [3.8, 4) is 10.4 Å². The molecule has 2 amide bonds. The number of hydrogen-bond acceptors (Lipinski definition) is 5. The van der Waals surface area contributed by atoms with Gasteiger partial charge in [0, 0.05) is 38.1 Å². The van der Waals surface area contributed by atoms with Crippen LogP contribution in [0.15, 0.2) is 66.2 Å². The standard InChI is InChI=1S/C24H25N3O3S/c1-26(2)23(29)24(16-18-8-10-19(11-9-18)21-7-5-15-31-21)17-27(13-14-30-24)22(28)20-6-3-4-12-25-20/h3-12,15H,13-14,16-17H2,1-2H3/t24-/m0/s1. The highest BCUT2D eigenvalue weighted by Gasteiger charge is 2.46. The van der Waals surface area contributed by atoms with Gasteiger partial charge >= 0.3 is 0 Å². The van der Waals surface area contributed by atoms with Gasteiger partial charge in [0.05, 0.1) is 13.2 Å². The molecule has 0 radical (unpaired) electrons. The van der Waals surface area contributed by atoms with Crippen LogP contribution in [0.1, 0.15) is 16.1 Å². The molecule has 160 valence electrons. The number of carbonyl (C=O) groups excluding carboxylic acids is 2. The number of hydrogen-bond donors (Lipinski definition) is 0. The van der Waals surface area contributed by atoms with Gasteiger partial charge in [0.2, 0.25) is 0 Å². The Hall–Kier alpha value is -3.03. The summed E-state index contributed by atoms with van der Waals surface area (Å²) in [5.41, 5.74) is 1.37. The summed E-state index contributed by atoms with van der Waals surface area (Å²) < 4.78 is 6.11. The van der Waals surface area contributed by atoms with E-state index in [0.717, 1.165) is 11.1 Å². The van der Waals surface area contributed by atoms with E-state index >= 15 is 0 Å². The van der Waals surface area contributed by atoms with Gasteiger partial charge < -0.3 is 14.5 Å². The first-order valence-corrected chi connectivity index (χ1v) is 11.1. The van der Waals surface area contributed by atoms with E-state index in [1.165, 1.54) is 9.78 Å². The molecular weight excluding hydrogens is 410 g/mol. The Bertz CT molecular complexity index is 1040. The molecule has 0 unspecified atom stereocenters. The summed E-state index contributed by atoms with van der Waals surface area (Å²) in [7, 11) is 3.43. The van der Waals surface area contributed by atoms with E-state index in [1.807, 2.05) is 18.2 Å². The second-order valence-electron chi connectivity index (χ2n) is 7.84. The second-order valence-corrected chi connectivity index (χ2v) is 8.78. The third kappa shape index (κ3) is 4.52. The number of nitrogens with zero attached hydrogens (tertiary/aromatic N) is 3. The third-order valence-corrected chi connectivity index (χ3v) is 6.32. The number of aromatic nitrogens is 1. The molecule has 1 saturated heterocycles. The minimum Gasteiger partial charge on any atom is -0.361 e. The molecule has 0 spiro atoms. The van der Waals surface area contributed by atoms with Crippen LogP contribution in [0.2, 0.25) is 0 Å². The van der Waals surface area contributed by atoms with Gasteiger partial charge in [-0.25, -0.2) is 0 Å². The molecule has 2 aromatic heterocycles. The number of amides is 2. The smallest absolute Gasteiger partial charge is 0.272 e. The Morgan fingerprint density at radius 3 is 2.58 bits per heavy atom. The minimum absolute atomic E-state index is 0.145. The summed E-state index contributed by atoms with van der Waals surface area (Å²) in [4.78, 5) is 34.8. The van der Waals surface area contributed by atoms with E-state index in [4.69, 9.17) is 4.74 Å². The molecule has 0 saturated carbocycles. The first-order valence-electron chi connectivity index (χ1n) is 10.2. The molecule has 1 aromatic carbocycles. The van der Waals surface area contributed by atoms with Crippen LogP contribution < -0.4 is 0 Å². The maximum Gasteiger partial charge on any atom is 0.272 e. The van der Waals surface area contributed by atoms with Crippen molar-refractivity contribution < 1.29 is 14.3 Å². The lowest BCUT2D eigenvalue weighted by Crippen LogP contribution is -2.61. The number of carbonyl (C=O) groups is 2. The number of morpholine rings is 1.